The molecule has 1 atom stereocenters. The molecule has 0 radical (unpaired) electrons. The fraction of sp³-hybridized carbons (Fsp3) is 0.263. The van der Waals surface area contributed by atoms with Gasteiger partial charge < -0.3 is 4.74 Å². The molecule has 1 heterocycles. The van der Waals surface area contributed by atoms with Crippen LogP contribution >= 0.6 is 11.6 Å². The highest BCUT2D eigenvalue weighted by molar-refractivity contribution is 6.30. The topological polar surface area (TPSA) is 41.9 Å². The molecule has 2 aromatic carbocycles. The molecular weight excluding hydrogens is 324 g/mol. The number of rotatable bonds is 3. The Morgan fingerprint density at radius 1 is 1.12 bits per heavy atom. The molecule has 3 rings (SSSR count). The largest absolute Gasteiger partial charge is 0.446 e. The fourth-order valence-electron chi connectivity index (χ4n) is 2.54. The van der Waals surface area contributed by atoms with Crippen molar-refractivity contribution in [2.75, 3.05) is 0 Å². The molecule has 1 aliphatic rings. The van der Waals surface area contributed by atoms with Crippen molar-refractivity contribution in [3.63, 3.8) is 0 Å². The predicted molar refractivity (Wildman–Crippen MR) is 94.9 cm³/mol. The maximum absolute atomic E-state index is 12.0. The first-order valence-electron chi connectivity index (χ1n) is 7.86. The Morgan fingerprint density at radius 2 is 1.75 bits per heavy atom. The lowest BCUT2D eigenvalue weighted by Crippen LogP contribution is -2.25. The van der Waals surface area contributed by atoms with Gasteiger partial charge >= 0.3 is 0 Å². The Bertz CT molecular complexity index is 767. The molecule has 0 saturated heterocycles. The summed E-state index contributed by atoms with van der Waals surface area (Å²) in [4.78, 5) is 12.0. The predicted octanol–water partition coefficient (Wildman–Crippen LogP) is 4.70. The van der Waals surface area contributed by atoms with Crippen LogP contribution in [0.15, 0.2) is 53.6 Å². The van der Waals surface area contributed by atoms with Gasteiger partial charge in [0.15, 0.2) is 0 Å². The SMILES string of the molecule is CC(=O)N1N=C(c2ccc(Cl)cc2)O[C@H]1c1ccc(C(C)C)cc1. The number of nitrogens with zero attached hydrogens (tertiary/aromatic N) is 2. The van der Waals surface area contributed by atoms with Crippen molar-refractivity contribution in [2.24, 2.45) is 5.10 Å². The van der Waals surface area contributed by atoms with Crippen molar-refractivity contribution in [2.45, 2.75) is 32.9 Å². The Balaban J connectivity index is 1.89. The number of hydrogen-bond donors (Lipinski definition) is 0. The standard InChI is InChI=1S/C19H19ClN2O2/c1-12(2)14-4-6-16(7-5-14)19-22(13(3)23)21-18(24-19)15-8-10-17(20)11-9-15/h4-12,19H,1-3H3/t19-/m0/s1. The molecule has 0 aliphatic carbocycles. The van der Waals surface area contributed by atoms with Gasteiger partial charge in [-0.3, -0.25) is 4.79 Å². The summed E-state index contributed by atoms with van der Waals surface area (Å²) in [5.41, 5.74) is 2.92. The first kappa shape index (κ1) is 16.5. The summed E-state index contributed by atoms with van der Waals surface area (Å²) >= 11 is 5.92. The van der Waals surface area contributed by atoms with Crippen LogP contribution in [0.4, 0.5) is 0 Å². The Morgan fingerprint density at radius 3 is 2.29 bits per heavy atom. The van der Waals surface area contributed by atoms with Crippen LogP contribution in [0.2, 0.25) is 5.02 Å². The summed E-state index contributed by atoms with van der Waals surface area (Å²) in [5, 5.41) is 6.35. The number of hydrazone groups is 1. The summed E-state index contributed by atoms with van der Waals surface area (Å²) in [6.07, 6.45) is -0.547. The molecular formula is C19H19ClN2O2. The minimum absolute atomic E-state index is 0.170. The number of benzene rings is 2. The normalized spacial score (nSPS) is 17.0. The molecule has 1 amide bonds. The molecule has 0 spiro atoms. The monoisotopic (exact) mass is 342 g/mol. The quantitative estimate of drug-likeness (QED) is 0.811. The van der Waals surface area contributed by atoms with Crippen LogP contribution in [0, 0.1) is 0 Å². The molecule has 0 aromatic heterocycles. The average Bonchev–Trinajstić information content (AvgIpc) is 3.01. The van der Waals surface area contributed by atoms with Crippen molar-refractivity contribution in [3.8, 4) is 0 Å². The van der Waals surface area contributed by atoms with Gasteiger partial charge in [-0.25, -0.2) is 0 Å². The highest BCUT2D eigenvalue weighted by atomic mass is 35.5. The maximum atomic E-state index is 12.0. The number of hydrogen-bond acceptors (Lipinski definition) is 3. The van der Waals surface area contributed by atoms with Crippen LogP contribution in [0.1, 0.15) is 49.6 Å². The average molecular weight is 343 g/mol. The number of carbonyl (C=O) groups excluding carboxylic acids is 1. The van der Waals surface area contributed by atoms with Crippen molar-refractivity contribution >= 4 is 23.4 Å². The van der Waals surface area contributed by atoms with E-state index in [0.29, 0.717) is 16.8 Å². The summed E-state index contributed by atoms with van der Waals surface area (Å²) in [7, 11) is 0. The zero-order valence-corrected chi connectivity index (χ0v) is 14.6. The Labute approximate surface area is 146 Å². The second-order valence-corrected chi connectivity index (χ2v) is 6.50. The lowest BCUT2D eigenvalue weighted by atomic mass is 10.0. The van der Waals surface area contributed by atoms with E-state index >= 15 is 0 Å². The van der Waals surface area contributed by atoms with Gasteiger partial charge in [0.05, 0.1) is 0 Å². The van der Waals surface area contributed by atoms with E-state index in [9.17, 15) is 4.79 Å². The molecule has 0 unspecified atom stereocenters. The van der Waals surface area contributed by atoms with E-state index < -0.39 is 6.23 Å². The number of carbonyl (C=O) groups is 1. The number of halogens is 1. The van der Waals surface area contributed by atoms with Crippen molar-refractivity contribution in [1.29, 1.82) is 0 Å². The number of amides is 1. The van der Waals surface area contributed by atoms with E-state index in [1.54, 1.807) is 12.1 Å². The van der Waals surface area contributed by atoms with Crippen LogP contribution in [0.25, 0.3) is 0 Å². The van der Waals surface area contributed by atoms with Crippen LogP contribution in [-0.2, 0) is 9.53 Å². The van der Waals surface area contributed by atoms with Crippen LogP contribution in [0.3, 0.4) is 0 Å². The van der Waals surface area contributed by atoms with Gasteiger partial charge in [0.1, 0.15) is 0 Å². The third-order valence-corrected chi connectivity index (χ3v) is 4.20. The Hall–Kier alpha value is -2.33. The van der Waals surface area contributed by atoms with Crippen LogP contribution in [0.5, 0.6) is 0 Å². The molecule has 0 bridgehead atoms. The fourth-order valence-corrected chi connectivity index (χ4v) is 2.66. The molecule has 0 saturated carbocycles. The summed E-state index contributed by atoms with van der Waals surface area (Å²) in [6.45, 7) is 5.77. The van der Waals surface area contributed by atoms with Gasteiger partial charge in [-0.2, -0.15) is 5.01 Å². The van der Waals surface area contributed by atoms with E-state index in [1.807, 2.05) is 24.3 Å². The first-order chi connectivity index (χ1) is 11.5. The molecule has 1 aliphatic heterocycles. The zero-order valence-electron chi connectivity index (χ0n) is 13.9. The van der Waals surface area contributed by atoms with E-state index in [1.165, 1.54) is 17.5 Å². The van der Waals surface area contributed by atoms with Gasteiger partial charge in [-0.1, -0.05) is 49.7 Å². The number of ether oxygens (including phenoxy) is 1. The maximum Gasteiger partial charge on any atom is 0.243 e. The van der Waals surface area contributed by atoms with Crippen LogP contribution in [-0.4, -0.2) is 16.8 Å². The van der Waals surface area contributed by atoms with Crippen molar-refractivity contribution in [1.82, 2.24) is 5.01 Å². The third-order valence-electron chi connectivity index (χ3n) is 3.95. The van der Waals surface area contributed by atoms with Crippen molar-refractivity contribution < 1.29 is 9.53 Å². The third kappa shape index (κ3) is 3.29. The summed E-state index contributed by atoms with van der Waals surface area (Å²) in [6, 6.07) is 15.3. The van der Waals surface area contributed by atoms with Gasteiger partial charge in [-0.15, -0.1) is 5.10 Å². The van der Waals surface area contributed by atoms with E-state index in [4.69, 9.17) is 16.3 Å². The van der Waals surface area contributed by atoms with Gasteiger partial charge in [0.2, 0.25) is 18.0 Å². The molecule has 24 heavy (non-hydrogen) atoms. The summed E-state index contributed by atoms with van der Waals surface area (Å²) in [5.74, 6) is 0.699. The first-order valence-corrected chi connectivity index (χ1v) is 8.24. The molecule has 4 nitrogen and oxygen atoms in total. The molecule has 5 heteroatoms. The second-order valence-electron chi connectivity index (χ2n) is 6.07. The minimum Gasteiger partial charge on any atom is -0.446 e. The van der Waals surface area contributed by atoms with E-state index in [-0.39, 0.29) is 5.91 Å². The van der Waals surface area contributed by atoms with Gasteiger partial charge in [0, 0.05) is 23.1 Å². The molecule has 2 aromatic rings. The van der Waals surface area contributed by atoms with Gasteiger partial charge in [-0.05, 0) is 35.7 Å². The van der Waals surface area contributed by atoms with Crippen LogP contribution < -0.4 is 0 Å². The minimum atomic E-state index is -0.547. The van der Waals surface area contributed by atoms with Gasteiger partial charge in [0.25, 0.3) is 0 Å². The van der Waals surface area contributed by atoms with E-state index in [2.05, 4.69) is 31.1 Å². The lowest BCUT2D eigenvalue weighted by Gasteiger charge is -2.19. The molecule has 0 fully saturated rings. The lowest BCUT2D eigenvalue weighted by molar-refractivity contribution is -0.135. The molecule has 124 valence electrons. The zero-order chi connectivity index (χ0) is 17.3. The summed E-state index contributed by atoms with van der Waals surface area (Å²) < 4.78 is 5.96. The van der Waals surface area contributed by atoms with Crippen molar-refractivity contribution in [3.05, 3.63) is 70.2 Å². The second kappa shape index (κ2) is 6.65. The highest BCUT2D eigenvalue weighted by Gasteiger charge is 2.32. The molecule has 0 N–H and O–H groups in total. The van der Waals surface area contributed by atoms with E-state index in [0.717, 1.165) is 11.1 Å². The smallest absolute Gasteiger partial charge is 0.243 e. The Kier molecular flexibility index (Phi) is 4.58. The highest BCUT2D eigenvalue weighted by Crippen LogP contribution is 2.31.